The number of pyridine rings is 4. The zero-order valence-electron chi connectivity index (χ0n) is 50.3. The lowest BCUT2D eigenvalue weighted by atomic mass is 9.87. The zero-order valence-corrected chi connectivity index (χ0v) is 50.3. The van der Waals surface area contributed by atoms with Crippen molar-refractivity contribution in [1.29, 1.82) is 0 Å². The Kier molecular flexibility index (Phi) is 22.0. The number of aliphatic imine (C=N–C) groups is 4. The summed E-state index contributed by atoms with van der Waals surface area (Å²) in [5, 5.41) is 32.8. The van der Waals surface area contributed by atoms with Gasteiger partial charge < -0.3 is 70.7 Å². The summed E-state index contributed by atoms with van der Waals surface area (Å²) < 4.78 is 45.7. The smallest absolute Gasteiger partial charge is 0.490 e. The number of alkyl halides is 3. The van der Waals surface area contributed by atoms with E-state index in [9.17, 15) is 23.4 Å². The summed E-state index contributed by atoms with van der Waals surface area (Å²) in [6, 6.07) is 31.9. The number of hydrogen-bond acceptors (Lipinski definition) is 13. The summed E-state index contributed by atoms with van der Waals surface area (Å²) >= 11 is 0. The maximum Gasteiger partial charge on any atom is 0.490 e. The molecule has 0 atom stereocenters. The van der Waals surface area contributed by atoms with Crippen LogP contribution >= 0.6 is 0 Å². The number of carboxylic acids is 1. The second kappa shape index (κ2) is 30.3. The molecule has 4 aromatic carbocycles. The lowest BCUT2D eigenvalue weighted by Crippen LogP contribution is -2.23. The van der Waals surface area contributed by atoms with Gasteiger partial charge in [0.2, 0.25) is 0 Å². The van der Waals surface area contributed by atoms with Crippen molar-refractivity contribution in [1.82, 2.24) is 19.9 Å². The van der Waals surface area contributed by atoms with Crippen LogP contribution in [0.2, 0.25) is 0 Å². The fourth-order valence-corrected chi connectivity index (χ4v) is 10.3. The predicted molar refractivity (Wildman–Crippen MR) is 345 cm³/mol. The lowest BCUT2D eigenvalue weighted by molar-refractivity contribution is -0.192. The molecule has 0 aliphatic heterocycles. The van der Waals surface area contributed by atoms with Gasteiger partial charge in [0.1, 0.15) is 36.2 Å². The Hall–Kier alpha value is -11.0. The molecule has 0 fully saturated rings. The van der Waals surface area contributed by atoms with Gasteiger partial charge in [-0.05, 0) is 142 Å². The van der Waals surface area contributed by atoms with Gasteiger partial charge in [-0.25, -0.2) is 4.79 Å². The maximum atomic E-state index is 12.8. The number of nitrogens with two attached hydrogens (primary N) is 8. The fraction of sp³-hybridized carbons (Fsp3) is 0.258. The van der Waals surface area contributed by atoms with Crippen molar-refractivity contribution in [2.75, 3.05) is 26.2 Å². The standard InChI is InChI=1S/C64H72N16O4.C2HF3O2/c1-37-3-7-53(77-31-37)55-9-5-43(33-79-55)35-83-59-49-23-41(13-17-75-63(69)70)24-50(59)28-46-20-40(12-16-74-62(67)68)22-48(58(46)82)30-52-26-42(14-18-76-64(71)72)25-51(29-47-21-39(11-15-73-61(65)66)19-45(27-49)57(47)81)60(52)84-36-44-6-10-56(80-34-44)54-8-4-38(2)32-78-54;3-2(4,5)1(6)7/h3-10,19-26,31-34,81-82H,11-18,27-30,35-36H2,1-2H3,(H4,65,66,73)(H4,67,68,74)(H4,69,70,75)(H4,71,72,76);(H,6,7). The van der Waals surface area contributed by atoms with Crippen molar-refractivity contribution in [2.45, 2.75) is 84.6 Å². The van der Waals surface area contributed by atoms with Crippen LogP contribution in [-0.2, 0) is 69.4 Å². The van der Waals surface area contributed by atoms with E-state index in [0.717, 1.165) is 89.5 Å². The van der Waals surface area contributed by atoms with Crippen LogP contribution < -0.4 is 55.3 Å². The van der Waals surface area contributed by atoms with Gasteiger partial charge in [-0.1, -0.05) is 72.8 Å². The Morgan fingerprint density at radius 2 is 0.681 bits per heavy atom. The lowest BCUT2D eigenvalue weighted by Gasteiger charge is -2.23. The molecule has 0 saturated carbocycles. The van der Waals surface area contributed by atoms with Crippen molar-refractivity contribution < 1.29 is 42.8 Å². The van der Waals surface area contributed by atoms with Crippen molar-refractivity contribution >= 4 is 29.8 Å². The third-order valence-electron chi connectivity index (χ3n) is 14.6. The first-order chi connectivity index (χ1) is 43.4. The van der Waals surface area contributed by atoms with Gasteiger partial charge in [0.25, 0.3) is 0 Å². The molecule has 22 nitrogen and oxygen atoms in total. The number of aliphatic carboxylic acids is 1. The van der Waals surface area contributed by atoms with E-state index in [4.69, 9.17) is 75.2 Å². The molecule has 0 saturated heterocycles. The summed E-state index contributed by atoms with van der Waals surface area (Å²) in [6.07, 6.45) is 4.82. The molecule has 4 heterocycles. The second-order valence-electron chi connectivity index (χ2n) is 21.9. The molecular weight excluding hydrogens is 1170 g/mol. The minimum absolute atomic E-state index is 0.0267. The van der Waals surface area contributed by atoms with Gasteiger partial charge >= 0.3 is 12.1 Å². The van der Waals surface area contributed by atoms with Crippen molar-refractivity contribution in [2.24, 2.45) is 65.8 Å². The molecule has 91 heavy (non-hydrogen) atoms. The van der Waals surface area contributed by atoms with Gasteiger partial charge in [0.15, 0.2) is 23.8 Å². The van der Waals surface area contributed by atoms with Gasteiger partial charge in [-0.2, -0.15) is 13.2 Å². The number of aromatic nitrogens is 4. The molecule has 8 bridgehead atoms. The van der Waals surface area contributed by atoms with Gasteiger partial charge in [0.05, 0.1) is 22.8 Å². The van der Waals surface area contributed by atoms with E-state index < -0.39 is 12.1 Å². The second-order valence-corrected chi connectivity index (χ2v) is 21.9. The topological polar surface area (TPSA) is 405 Å². The van der Waals surface area contributed by atoms with Crippen molar-refractivity contribution in [3.63, 3.8) is 0 Å². The largest absolute Gasteiger partial charge is 0.507 e. The molecular formula is C66H73F3N16O6. The molecule has 0 amide bonds. The Morgan fingerprint density at radius 3 is 0.901 bits per heavy atom. The van der Waals surface area contributed by atoms with Gasteiger partial charge in [0, 0.05) is 87.8 Å². The maximum absolute atomic E-state index is 12.8. The highest BCUT2D eigenvalue weighted by atomic mass is 19.4. The first kappa shape index (κ1) is 66.0. The van der Waals surface area contributed by atoms with E-state index in [1.54, 1.807) is 12.4 Å². The van der Waals surface area contributed by atoms with Crippen LogP contribution in [0.3, 0.4) is 0 Å². The number of ether oxygens (including phenoxy) is 2. The van der Waals surface area contributed by atoms with E-state index >= 15 is 0 Å². The first-order valence-corrected chi connectivity index (χ1v) is 28.9. The Balaban J connectivity index is 0.00000144. The van der Waals surface area contributed by atoms with Crippen LogP contribution in [0.4, 0.5) is 13.2 Å². The Bertz CT molecular complexity index is 3630. The van der Waals surface area contributed by atoms with E-state index in [1.165, 1.54) is 0 Å². The Labute approximate surface area is 523 Å². The Morgan fingerprint density at radius 1 is 0.429 bits per heavy atom. The van der Waals surface area contributed by atoms with Gasteiger partial charge in [-0.3, -0.25) is 39.9 Å². The monoisotopic (exact) mass is 1240 g/mol. The zero-order chi connectivity index (χ0) is 65.4. The number of fused-ring (bicyclic) bond motifs is 8. The van der Waals surface area contributed by atoms with E-state index in [2.05, 4.69) is 54.2 Å². The molecule has 0 unspecified atom stereocenters. The molecule has 1 aliphatic rings. The summed E-state index contributed by atoms with van der Waals surface area (Å²) in [5.41, 5.74) is 62.6. The number of carboxylic acid groups (broad SMARTS) is 1. The highest BCUT2D eigenvalue weighted by Crippen LogP contribution is 2.41. The number of rotatable bonds is 20. The summed E-state index contributed by atoms with van der Waals surface area (Å²) in [7, 11) is 0. The molecule has 0 radical (unpaired) electrons. The third kappa shape index (κ3) is 19.0. The highest BCUT2D eigenvalue weighted by molar-refractivity contribution is 5.77. The number of aromatic hydroxyl groups is 2. The SMILES string of the molecule is Cc1ccc(-c2ccc(COc3c4cc(CCN=C(N)N)cc3Cc3cc(CCN=C(N)N)cc(c3O)Cc3cc(CCN=C(N)N)cc(c3OCc3ccc(-c5ccc(C)cn5)nc3)Cc3cc(CCN=C(N)N)cc(c3O)C4)cn2)nc1.O=C(O)C(F)(F)F. The molecule has 25 heteroatoms. The molecule has 8 aromatic rings. The number of phenols is 2. The highest BCUT2D eigenvalue weighted by Gasteiger charge is 2.38. The van der Waals surface area contributed by atoms with Crippen LogP contribution in [0.5, 0.6) is 23.0 Å². The number of aryl methyl sites for hydroxylation is 2. The molecule has 9 rings (SSSR count). The summed E-state index contributed by atoms with van der Waals surface area (Å²) in [5.74, 6) is -1.55. The van der Waals surface area contributed by atoms with Crippen LogP contribution in [0.15, 0.2) is 142 Å². The number of phenolic OH excluding ortho intramolecular Hbond substituents is 2. The predicted octanol–water partition coefficient (Wildman–Crippen LogP) is 6.36. The molecule has 1 aliphatic carbocycles. The van der Waals surface area contributed by atoms with Gasteiger partial charge in [-0.15, -0.1) is 0 Å². The molecule has 19 N–H and O–H groups in total. The number of guanidine groups is 4. The number of halogens is 3. The van der Waals surface area contributed by atoms with E-state index in [-0.39, 0.29) is 74.2 Å². The third-order valence-corrected chi connectivity index (χ3v) is 14.6. The first-order valence-electron chi connectivity index (χ1n) is 28.9. The number of carbonyl (C=O) groups is 1. The minimum atomic E-state index is -5.08. The van der Waals surface area contributed by atoms with Crippen molar-refractivity contribution in [3.8, 4) is 45.8 Å². The van der Waals surface area contributed by atoms with E-state index in [0.29, 0.717) is 85.6 Å². The number of nitrogens with zero attached hydrogens (tertiary/aromatic N) is 8. The summed E-state index contributed by atoms with van der Waals surface area (Å²) in [6.45, 7) is 5.49. The molecule has 0 spiro atoms. The van der Waals surface area contributed by atoms with Crippen LogP contribution in [0, 0.1) is 13.8 Å². The summed E-state index contributed by atoms with van der Waals surface area (Å²) in [4.78, 5) is 44.9. The fourth-order valence-electron chi connectivity index (χ4n) is 10.3. The average Bonchev–Trinajstić information content (AvgIpc) is 0.801. The van der Waals surface area contributed by atoms with Crippen LogP contribution in [-0.4, -0.2) is 97.4 Å². The van der Waals surface area contributed by atoms with Crippen molar-refractivity contribution in [3.05, 3.63) is 211 Å². The normalized spacial score (nSPS) is 11.7. The van der Waals surface area contributed by atoms with Crippen LogP contribution in [0.25, 0.3) is 22.8 Å². The number of benzene rings is 4. The molecule has 474 valence electrons. The average molecular weight is 1240 g/mol. The van der Waals surface area contributed by atoms with Crippen LogP contribution in [0.1, 0.15) is 89.0 Å². The quantitative estimate of drug-likeness (QED) is 0.0292. The van der Waals surface area contributed by atoms with E-state index in [1.807, 2.05) is 99.0 Å². The molecule has 4 aromatic heterocycles. The number of hydrogen-bond donors (Lipinski definition) is 11. The minimum Gasteiger partial charge on any atom is -0.507 e.